The van der Waals surface area contributed by atoms with Crippen molar-refractivity contribution in [2.75, 3.05) is 38.3 Å². The summed E-state index contributed by atoms with van der Waals surface area (Å²) in [6, 6.07) is 6.15. The Morgan fingerprint density at radius 1 is 1.09 bits per heavy atom. The molecule has 2 amide bonds. The van der Waals surface area contributed by atoms with Crippen molar-refractivity contribution in [3.05, 3.63) is 48.6 Å². The van der Waals surface area contributed by atoms with Crippen LogP contribution in [0.3, 0.4) is 0 Å². The molecule has 1 aromatic carbocycles. The second kappa shape index (κ2) is 8.80. The first kappa shape index (κ1) is 23.6. The molecule has 2 fully saturated rings. The lowest BCUT2D eigenvalue weighted by atomic mass is 9.73. The topological polar surface area (TPSA) is 106 Å². The fourth-order valence-corrected chi connectivity index (χ4v) is 6.07. The molecule has 1 spiro atoms. The number of ether oxygens (including phenoxy) is 3. The van der Waals surface area contributed by atoms with Gasteiger partial charge in [-0.2, -0.15) is 0 Å². The molecule has 5 atom stereocenters. The number of nitrogens with zero attached hydrogens (tertiary/aromatic N) is 2. The minimum atomic E-state index is -1.33. The standard InChI is InChI=1S/C26H30N2O7/c1-3-25-11-5-16-34-24(32)20(25)19-22(30)28(14-6-15-29)21-23(31)27(13-4-12-26(19,21)35-25)17-7-9-18(33-2)10-8-17/h4-5,7-12,19-21,29H,3,6,13-16H2,1-2H3/t19-,20-,21?,25+,26-/m0/s1. The summed E-state index contributed by atoms with van der Waals surface area (Å²) in [6.45, 7) is 2.35. The first-order chi connectivity index (χ1) is 16.9. The Kier molecular flexibility index (Phi) is 5.93. The lowest BCUT2D eigenvalue weighted by Gasteiger charge is -2.38. The van der Waals surface area contributed by atoms with Crippen LogP contribution >= 0.6 is 0 Å². The van der Waals surface area contributed by atoms with Crippen molar-refractivity contribution in [1.29, 1.82) is 0 Å². The number of likely N-dealkylation sites (tertiary alicyclic amines) is 1. The number of benzene rings is 1. The quantitative estimate of drug-likeness (QED) is 0.483. The summed E-state index contributed by atoms with van der Waals surface area (Å²) in [5.41, 5.74) is -1.71. The molecule has 0 aromatic heterocycles. The van der Waals surface area contributed by atoms with Crippen molar-refractivity contribution in [2.45, 2.75) is 37.0 Å². The van der Waals surface area contributed by atoms with Gasteiger partial charge in [-0.15, -0.1) is 0 Å². The molecule has 1 unspecified atom stereocenters. The third kappa shape index (κ3) is 3.40. The Hall–Kier alpha value is -3.17. The molecule has 4 aliphatic rings. The molecule has 5 rings (SSSR count). The molecule has 9 heteroatoms. The summed E-state index contributed by atoms with van der Waals surface area (Å²) in [4.78, 5) is 44.4. The molecule has 1 N–H and O–H groups in total. The van der Waals surface area contributed by atoms with Gasteiger partial charge in [-0.25, -0.2) is 0 Å². The highest BCUT2D eigenvalue weighted by Gasteiger charge is 2.75. The van der Waals surface area contributed by atoms with Gasteiger partial charge < -0.3 is 29.1 Å². The van der Waals surface area contributed by atoms with Crippen molar-refractivity contribution in [3.8, 4) is 5.75 Å². The number of aliphatic hydroxyl groups is 1. The van der Waals surface area contributed by atoms with Crippen LogP contribution in [0, 0.1) is 11.8 Å². The first-order valence-electron chi connectivity index (χ1n) is 12.0. The predicted octanol–water partition coefficient (Wildman–Crippen LogP) is 1.45. The van der Waals surface area contributed by atoms with Gasteiger partial charge in [0.25, 0.3) is 5.91 Å². The molecule has 9 nitrogen and oxygen atoms in total. The Morgan fingerprint density at radius 2 is 1.86 bits per heavy atom. The maximum Gasteiger partial charge on any atom is 0.313 e. The van der Waals surface area contributed by atoms with Gasteiger partial charge in [0.15, 0.2) is 0 Å². The maximum atomic E-state index is 14.2. The summed E-state index contributed by atoms with van der Waals surface area (Å²) < 4.78 is 17.4. The van der Waals surface area contributed by atoms with Gasteiger partial charge in [-0.3, -0.25) is 14.4 Å². The number of fused-ring (bicyclic) bond motifs is 2. The van der Waals surface area contributed by atoms with Crippen LogP contribution in [-0.2, 0) is 23.9 Å². The van der Waals surface area contributed by atoms with Gasteiger partial charge >= 0.3 is 5.97 Å². The molecule has 1 aromatic rings. The van der Waals surface area contributed by atoms with Crippen LogP contribution in [0.4, 0.5) is 5.69 Å². The van der Waals surface area contributed by atoms with E-state index >= 15 is 0 Å². The second-order valence-corrected chi connectivity index (χ2v) is 9.31. The molecular formula is C26H30N2O7. The summed E-state index contributed by atoms with van der Waals surface area (Å²) >= 11 is 0. The van der Waals surface area contributed by atoms with Crippen molar-refractivity contribution >= 4 is 23.5 Å². The van der Waals surface area contributed by atoms with Crippen molar-refractivity contribution in [1.82, 2.24) is 4.90 Å². The van der Waals surface area contributed by atoms with Crippen molar-refractivity contribution in [2.24, 2.45) is 11.8 Å². The summed E-state index contributed by atoms with van der Waals surface area (Å²) in [7, 11) is 1.57. The van der Waals surface area contributed by atoms with E-state index < -0.39 is 35.0 Å². The van der Waals surface area contributed by atoms with Gasteiger partial charge in [0, 0.05) is 25.4 Å². The Balaban J connectivity index is 1.63. The van der Waals surface area contributed by atoms with Gasteiger partial charge in [-0.05, 0) is 43.2 Å². The lowest BCUT2D eigenvalue weighted by Crippen LogP contribution is -2.56. The molecule has 0 bridgehead atoms. The maximum absolute atomic E-state index is 14.2. The molecule has 35 heavy (non-hydrogen) atoms. The highest BCUT2D eigenvalue weighted by Crippen LogP contribution is 2.58. The van der Waals surface area contributed by atoms with E-state index in [1.807, 2.05) is 19.1 Å². The summed E-state index contributed by atoms with van der Waals surface area (Å²) in [5, 5.41) is 9.48. The van der Waals surface area contributed by atoms with Crippen LogP contribution in [0.2, 0.25) is 0 Å². The number of methoxy groups -OCH3 is 1. The SMILES string of the molecule is CC[C@@]12C=CCOC(=O)[C@@H]1[C@H]1C(=O)N(CCCO)C3C(=O)N(c4ccc(OC)cc4)CC=C[C@@]31O2. The molecule has 2 saturated heterocycles. The third-order valence-electron chi connectivity index (χ3n) is 7.64. The molecule has 186 valence electrons. The molecular weight excluding hydrogens is 452 g/mol. The zero-order valence-electron chi connectivity index (χ0n) is 19.9. The number of carbonyl (C=O) groups is 3. The van der Waals surface area contributed by atoms with Crippen molar-refractivity contribution in [3.63, 3.8) is 0 Å². The number of aliphatic hydroxyl groups excluding tert-OH is 1. The van der Waals surface area contributed by atoms with E-state index in [1.165, 1.54) is 4.90 Å². The average Bonchev–Trinajstić information content (AvgIpc) is 3.14. The Morgan fingerprint density at radius 3 is 2.54 bits per heavy atom. The number of hydrogen-bond acceptors (Lipinski definition) is 7. The second-order valence-electron chi connectivity index (χ2n) is 9.31. The van der Waals surface area contributed by atoms with Crippen LogP contribution in [0.1, 0.15) is 19.8 Å². The zero-order chi connectivity index (χ0) is 24.8. The minimum Gasteiger partial charge on any atom is -0.497 e. The molecule has 0 saturated carbocycles. The Bertz CT molecular complexity index is 1080. The molecule has 0 aliphatic carbocycles. The minimum absolute atomic E-state index is 0.117. The molecule has 4 heterocycles. The van der Waals surface area contributed by atoms with Crippen LogP contribution in [0.5, 0.6) is 5.75 Å². The summed E-state index contributed by atoms with van der Waals surface area (Å²) in [5.74, 6) is -2.23. The normalized spacial score (nSPS) is 33.7. The molecule has 0 radical (unpaired) electrons. The van der Waals surface area contributed by atoms with Gasteiger partial charge in [-0.1, -0.05) is 25.2 Å². The smallest absolute Gasteiger partial charge is 0.313 e. The number of amides is 2. The largest absolute Gasteiger partial charge is 0.497 e. The number of hydrogen-bond donors (Lipinski definition) is 1. The number of rotatable bonds is 6. The van der Waals surface area contributed by atoms with Crippen molar-refractivity contribution < 1.29 is 33.7 Å². The zero-order valence-corrected chi connectivity index (χ0v) is 19.9. The average molecular weight is 483 g/mol. The van der Waals surface area contributed by atoms with E-state index in [0.29, 0.717) is 24.3 Å². The number of cyclic esters (lactones) is 1. The Labute approximate surface area is 203 Å². The molecule has 4 aliphatic heterocycles. The van der Waals surface area contributed by atoms with E-state index in [1.54, 1.807) is 48.4 Å². The van der Waals surface area contributed by atoms with E-state index in [4.69, 9.17) is 14.2 Å². The van der Waals surface area contributed by atoms with E-state index in [0.717, 1.165) is 0 Å². The van der Waals surface area contributed by atoms with Gasteiger partial charge in [0.05, 0.1) is 13.0 Å². The summed E-state index contributed by atoms with van der Waals surface area (Å²) in [6.07, 6.45) is 7.95. The van der Waals surface area contributed by atoms with E-state index in [-0.39, 0.29) is 38.1 Å². The van der Waals surface area contributed by atoms with E-state index in [2.05, 4.69) is 0 Å². The predicted molar refractivity (Wildman–Crippen MR) is 126 cm³/mol. The number of anilines is 1. The van der Waals surface area contributed by atoms with E-state index in [9.17, 15) is 19.5 Å². The van der Waals surface area contributed by atoms with Gasteiger partial charge in [0.2, 0.25) is 5.91 Å². The van der Waals surface area contributed by atoms with Crippen LogP contribution in [-0.4, -0.2) is 78.4 Å². The third-order valence-corrected chi connectivity index (χ3v) is 7.64. The highest BCUT2D eigenvalue weighted by atomic mass is 16.6. The van der Waals surface area contributed by atoms with Crippen LogP contribution in [0.25, 0.3) is 0 Å². The fourth-order valence-electron chi connectivity index (χ4n) is 6.07. The number of carbonyl (C=O) groups excluding carboxylic acids is 3. The fraction of sp³-hybridized carbons (Fsp3) is 0.500. The highest BCUT2D eigenvalue weighted by molar-refractivity contribution is 6.05. The van der Waals surface area contributed by atoms with Crippen LogP contribution in [0.15, 0.2) is 48.6 Å². The number of esters is 1. The monoisotopic (exact) mass is 482 g/mol. The lowest BCUT2D eigenvalue weighted by molar-refractivity contribution is -0.157. The van der Waals surface area contributed by atoms with Crippen LogP contribution < -0.4 is 9.64 Å². The van der Waals surface area contributed by atoms with Gasteiger partial charge in [0.1, 0.15) is 35.5 Å². The first-order valence-corrected chi connectivity index (χ1v) is 12.0.